The SMILES string of the molecule is CCCCCCCCCCCCc1ccc(N=Cc2ccc(COOc3ccc4c(c3)C3(c5ccccc5-4)c4ccccc4-c4ccc(OC(=O)c5ccc(C=Nc6ccc(CCCCCCCCCCCC)cc6)cc5)cc43)cc2)cc1. The van der Waals surface area contributed by atoms with Crippen LogP contribution in [0, 0.1) is 0 Å². The lowest BCUT2D eigenvalue weighted by molar-refractivity contribution is -0.217. The highest BCUT2D eigenvalue weighted by Crippen LogP contribution is 2.63. The molecule has 0 bridgehead atoms. The zero-order valence-electron chi connectivity index (χ0n) is 49.3. The first-order chi connectivity index (χ1) is 41.0. The maximum Gasteiger partial charge on any atom is 0.343 e. The molecule has 1 unspecified atom stereocenters. The molecule has 2 aliphatic carbocycles. The average molecular weight is 1100 g/mol. The van der Waals surface area contributed by atoms with Crippen LogP contribution in [-0.2, 0) is 29.8 Å². The van der Waals surface area contributed by atoms with E-state index in [0.717, 1.165) is 74.3 Å². The lowest BCUT2D eigenvalue weighted by atomic mass is 9.70. The van der Waals surface area contributed by atoms with E-state index in [1.807, 2.05) is 36.7 Å². The second kappa shape index (κ2) is 30.0. The fourth-order valence-corrected chi connectivity index (χ4v) is 12.4. The summed E-state index contributed by atoms with van der Waals surface area (Å²) in [6, 6.07) is 62.4. The molecule has 83 heavy (non-hydrogen) atoms. The first-order valence-electron chi connectivity index (χ1n) is 31.5. The van der Waals surface area contributed by atoms with Gasteiger partial charge in [0, 0.05) is 12.4 Å². The summed E-state index contributed by atoms with van der Waals surface area (Å²) in [7, 11) is 0. The number of benzene rings is 8. The molecule has 426 valence electrons. The monoisotopic (exact) mass is 1100 g/mol. The van der Waals surface area contributed by atoms with E-state index in [0.29, 0.717) is 17.1 Å². The number of nitrogens with zero attached hydrogens (tertiary/aromatic N) is 2. The predicted octanol–water partition coefficient (Wildman–Crippen LogP) is 21.2. The summed E-state index contributed by atoms with van der Waals surface area (Å²) in [5.74, 6) is 0.656. The summed E-state index contributed by atoms with van der Waals surface area (Å²) in [4.78, 5) is 35.5. The highest BCUT2D eigenvalue weighted by molar-refractivity contribution is 5.96. The largest absolute Gasteiger partial charge is 0.423 e. The lowest BCUT2D eigenvalue weighted by Gasteiger charge is -2.30. The van der Waals surface area contributed by atoms with E-state index in [9.17, 15) is 4.79 Å². The molecule has 0 N–H and O–H groups in total. The molecule has 0 heterocycles. The van der Waals surface area contributed by atoms with Crippen LogP contribution < -0.4 is 9.62 Å². The van der Waals surface area contributed by atoms with Crippen molar-refractivity contribution < 1.29 is 19.3 Å². The second-order valence-electron chi connectivity index (χ2n) is 23.1. The molecule has 0 fully saturated rings. The van der Waals surface area contributed by atoms with Crippen LogP contribution in [-0.4, -0.2) is 18.4 Å². The second-order valence-corrected chi connectivity index (χ2v) is 23.1. The molecule has 1 atom stereocenters. The van der Waals surface area contributed by atoms with Crippen LogP contribution in [0.15, 0.2) is 192 Å². The Labute approximate surface area is 495 Å². The molecule has 0 amide bonds. The van der Waals surface area contributed by atoms with Crippen LogP contribution >= 0.6 is 0 Å². The molecule has 0 saturated carbocycles. The number of hydrogen-bond donors (Lipinski definition) is 0. The summed E-state index contributed by atoms with van der Waals surface area (Å²) in [6.45, 7) is 4.83. The molecule has 0 radical (unpaired) electrons. The van der Waals surface area contributed by atoms with E-state index in [1.54, 1.807) is 12.1 Å². The molecule has 0 aliphatic heterocycles. The van der Waals surface area contributed by atoms with Crippen molar-refractivity contribution in [1.29, 1.82) is 0 Å². The van der Waals surface area contributed by atoms with E-state index in [2.05, 4.69) is 159 Å². The topological polar surface area (TPSA) is 69.5 Å². The zero-order chi connectivity index (χ0) is 56.9. The number of esters is 1. The highest BCUT2D eigenvalue weighted by atomic mass is 17.2. The van der Waals surface area contributed by atoms with E-state index in [-0.39, 0.29) is 6.61 Å². The normalized spacial score (nSPS) is 13.9. The summed E-state index contributed by atoms with van der Waals surface area (Å²) < 4.78 is 6.22. The number of rotatable bonds is 32. The highest BCUT2D eigenvalue weighted by Gasteiger charge is 2.52. The molecule has 10 rings (SSSR count). The molecule has 6 heteroatoms. The third-order valence-electron chi connectivity index (χ3n) is 17.0. The molecular weight excluding hydrogens is 1020 g/mol. The molecule has 6 nitrogen and oxygen atoms in total. The van der Waals surface area contributed by atoms with Gasteiger partial charge in [0.2, 0.25) is 0 Å². The quantitative estimate of drug-likeness (QED) is 0.0105. The third kappa shape index (κ3) is 15.1. The lowest BCUT2D eigenvalue weighted by Crippen LogP contribution is -2.26. The van der Waals surface area contributed by atoms with Crippen LogP contribution in [0.5, 0.6) is 11.5 Å². The van der Waals surface area contributed by atoms with Gasteiger partial charge in [-0.2, -0.15) is 4.89 Å². The van der Waals surface area contributed by atoms with Gasteiger partial charge in [0.15, 0.2) is 5.75 Å². The minimum Gasteiger partial charge on any atom is -0.423 e. The smallest absolute Gasteiger partial charge is 0.343 e. The predicted molar refractivity (Wildman–Crippen MR) is 344 cm³/mol. The van der Waals surface area contributed by atoms with Gasteiger partial charge in [-0.05, 0) is 159 Å². The minimum absolute atomic E-state index is 0.269. The molecular formula is C77H84N2O4. The number of aryl methyl sites for hydroxylation is 2. The zero-order valence-corrected chi connectivity index (χ0v) is 49.3. The molecule has 0 saturated heterocycles. The summed E-state index contributed by atoms with van der Waals surface area (Å²) >= 11 is 0. The van der Waals surface area contributed by atoms with Gasteiger partial charge >= 0.3 is 5.97 Å². The van der Waals surface area contributed by atoms with Gasteiger partial charge in [0.25, 0.3) is 0 Å². The van der Waals surface area contributed by atoms with Crippen molar-refractivity contribution in [3.63, 3.8) is 0 Å². The first kappa shape index (κ1) is 58.5. The van der Waals surface area contributed by atoms with E-state index in [1.165, 1.54) is 151 Å². The Kier molecular flexibility index (Phi) is 21.2. The summed E-state index contributed by atoms with van der Waals surface area (Å²) in [5, 5.41) is 0. The Morgan fingerprint density at radius 1 is 0.398 bits per heavy atom. The van der Waals surface area contributed by atoms with Gasteiger partial charge in [-0.3, -0.25) is 9.98 Å². The molecule has 8 aromatic rings. The molecule has 0 aromatic heterocycles. The number of fused-ring (bicyclic) bond motifs is 10. The van der Waals surface area contributed by atoms with Gasteiger partial charge in [0.1, 0.15) is 12.4 Å². The van der Waals surface area contributed by atoms with Gasteiger partial charge in [0.05, 0.1) is 22.4 Å². The Morgan fingerprint density at radius 3 is 1.28 bits per heavy atom. The maximum absolute atomic E-state index is 13.9. The number of aliphatic imine (C=N–C) groups is 2. The van der Waals surface area contributed by atoms with Gasteiger partial charge in [-0.25, -0.2) is 4.79 Å². The standard InChI is InChI=1S/C77H84N2O4/c1-3-5-7-9-11-13-15-17-19-21-27-58-39-45-64(46-40-58)78-55-60-33-35-62(36-34-60)57-81-83-67-50-52-71-69-30-24-26-32-73(69)77(75(71)54-67)72-31-25-23-29-68(72)70-51-49-66(53-74(70)77)82-76(80)63-43-37-61(38-44-63)56-79-65-47-41-59(42-48-65)28-22-20-18-16-14-12-10-8-6-4-2/h23-26,29-56H,3-22,27-28,57H2,1-2H3. The fourth-order valence-electron chi connectivity index (χ4n) is 12.4. The van der Waals surface area contributed by atoms with Crippen LogP contribution in [0.3, 0.4) is 0 Å². The summed E-state index contributed by atoms with van der Waals surface area (Å²) in [5.41, 5.74) is 16.3. The molecule has 2 aliphatic rings. The number of carbonyl (C=O) groups is 1. The van der Waals surface area contributed by atoms with Crippen LogP contribution in [0.25, 0.3) is 22.3 Å². The molecule has 8 aromatic carbocycles. The van der Waals surface area contributed by atoms with Crippen molar-refractivity contribution in [1.82, 2.24) is 0 Å². The van der Waals surface area contributed by atoms with E-state index < -0.39 is 11.4 Å². The molecule has 1 spiro atoms. The van der Waals surface area contributed by atoms with E-state index >= 15 is 0 Å². The maximum atomic E-state index is 13.9. The van der Waals surface area contributed by atoms with Crippen molar-refractivity contribution in [2.75, 3.05) is 0 Å². The summed E-state index contributed by atoms with van der Waals surface area (Å²) in [6.07, 6.45) is 33.0. The van der Waals surface area contributed by atoms with Crippen molar-refractivity contribution in [3.8, 4) is 33.8 Å². The Hall–Kier alpha value is -7.67. The van der Waals surface area contributed by atoms with Crippen molar-refractivity contribution in [2.45, 2.75) is 167 Å². The minimum atomic E-state index is -0.695. The number of hydrogen-bond acceptors (Lipinski definition) is 6. The number of ether oxygens (including phenoxy) is 1. The van der Waals surface area contributed by atoms with Gasteiger partial charge in [-0.15, -0.1) is 0 Å². The van der Waals surface area contributed by atoms with Crippen LogP contribution in [0.1, 0.15) is 203 Å². The van der Waals surface area contributed by atoms with Gasteiger partial charge < -0.3 is 9.62 Å². The van der Waals surface area contributed by atoms with Gasteiger partial charge in [-0.1, -0.05) is 251 Å². The van der Waals surface area contributed by atoms with Crippen molar-refractivity contribution in [3.05, 3.63) is 238 Å². The fraction of sp³-hybridized carbons (Fsp3) is 0.338. The third-order valence-corrected chi connectivity index (χ3v) is 17.0. The van der Waals surface area contributed by atoms with E-state index in [4.69, 9.17) is 24.5 Å². The number of unbranched alkanes of at least 4 members (excludes halogenated alkanes) is 18. The van der Waals surface area contributed by atoms with Crippen LogP contribution in [0.2, 0.25) is 0 Å². The Morgan fingerprint density at radius 2 is 0.795 bits per heavy atom. The number of carbonyl (C=O) groups excluding carboxylic acids is 1. The van der Waals surface area contributed by atoms with Crippen molar-refractivity contribution >= 4 is 29.8 Å². The average Bonchev–Trinajstić information content (AvgIpc) is 1.57. The Bertz CT molecular complexity index is 3380. The van der Waals surface area contributed by atoms with Crippen molar-refractivity contribution in [2.24, 2.45) is 9.98 Å². The Balaban J connectivity index is 0.741. The van der Waals surface area contributed by atoms with Crippen LogP contribution in [0.4, 0.5) is 11.4 Å². The first-order valence-corrected chi connectivity index (χ1v) is 31.5.